The maximum absolute atomic E-state index is 12.1. The minimum absolute atomic E-state index is 0.0473. The molecular weight excluding hydrogens is 346 g/mol. The number of carbonyl (C=O) groups excluding carboxylic acids is 1. The van der Waals surface area contributed by atoms with Crippen LogP contribution < -0.4 is 5.73 Å². The maximum Gasteiger partial charge on any atom is 0.252 e. The van der Waals surface area contributed by atoms with Crippen LogP contribution in [0.1, 0.15) is 60.3 Å². The Bertz CT molecular complexity index is 990. The second-order valence-electron chi connectivity index (χ2n) is 8.27. The van der Waals surface area contributed by atoms with E-state index >= 15 is 0 Å². The van der Waals surface area contributed by atoms with Crippen LogP contribution in [-0.4, -0.2) is 11.0 Å². The zero-order valence-corrected chi connectivity index (χ0v) is 16.9. The molecule has 0 unspecified atom stereocenters. The van der Waals surface area contributed by atoms with E-state index in [0.717, 1.165) is 16.7 Å². The fourth-order valence-electron chi connectivity index (χ4n) is 3.69. The zero-order chi connectivity index (χ0) is 20.5. The summed E-state index contributed by atoms with van der Waals surface area (Å²) in [5.74, 6) is -0.678. The number of carbonyl (C=O) groups is 1. The second kappa shape index (κ2) is 7.16. The van der Waals surface area contributed by atoms with Gasteiger partial charge in [0.15, 0.2) is 0 Å². The average Bonchev–Trinajstić information content (AvgIpc) is 2.69. The molecule has 0 saturated heterocycles. The minimum atomic E-state index is -0.631. The summed E-state index contributed by atoms with van der Waals surface area (Å²) in [5, 5.41) is 10.9. The summed E-state index contributed by atoms with van der Waals surface area (Å²) in [7, 11) is 0. The first kappa shape index (κ1) is 19.7. The van der Waals surface area contributed by atoms with Crippen LogP contribution in [0.5, 0.6) is 5.75 Å². The Balaban J connectivity index is 2.26. The first-order valence-electron chi connectivity index (χ1n) is 9.44. The fourth-order valence-corrected chi connectivity index (χ4v) is 3.69. The van der Waals surface area contributed by atoms with Crippen molar-refractivity contribution in [3.63, 3.8) is 0 Å². The Morgan fingerprint density at radius 3 is 1.68 bits per heavy atom. The lowest BCUT2D eigenvalue weighted by Crippen LogP contribution is -2.25. The molecular formula is C25H27NO2. The third kappa shape index (κ3) is 3.40. The molecule has 0 aliphatic carbocycles. The van der Waals surface area contributed by atoms with E-state index in [1.807, 2.05) is 68.4 Å². The lowest BCUT2D eigenvalue weighted by atomic mass is 9.72. The summed E-state index contributed by atoms with van der Waals surface area (Å²) < 4.78 is 0. The van der Waals surface area contributed by atoms with E-state index in [0.29, 0.717) is 5.56 Å². The first-order chi connectivity index (χ1) is 13.2. The molecule has 3 rings (SSSR count). The van der Waals surface area contributed by atoms with E-state index in [4.69, 9.17) is 5.73 Å². The van der Waals surface area contributed by atoms with Gasteiger partial charge in [-0.1, -0.05) is 94.4 Å². The molecule has 3 nitrogen and oxygen atoms in total. The monoisotopic (exact) mass is 373 g/mol. The predicted molar refractivity (Wildman–Crippen MR) is 114 cm³/mol. The highest BCUT2D eigenvalue weighted by molar-refractivity contribution is 5.96. The molecule has 0 fully saturated rings. The average molecular weight is 373 g/mol. The Morgan fingerprint density at radius 2 is 1.21 bits per heavy atom. The van der Waals surface area contributed by atoms with Crippen molar-refractivity contribution in [2.45, 2.75) is 38.5 Å². The Morgan fingerprint density at radius 1 is 0.750 bits per heavy atom. The van der Waals surface area contributed by atoms with Crippen molar-refractivity contribution in [3.8, 4) is 5.75 Å². The largest absolute Gasteiger partial charge is 0.507 e. The van der Waals surface area contributed by atoms with Gasteiger partial charge in [-0.25, -0.2) is 0 Å². The number of hydrogen-bond acceptors (Lipinski definition) is 2. The molecule has 28 heavy (non-hydrogen) atoms. The number of aromatic hydroxyl groups is 1. The lowest BCUT2D eigenvalue weighted by Gasteiger charge is -2.32. The van der Waals surface area contributed by atoms with E-state index in [9.17, 15) is 9.90 Å². The third-order valence-corrected chi connectivity index (χ3v) is 5.76. The van der Waals surface area contributed by atoms with Crippen LogP contribution in [0.25, 0.3) is 0 Å². The summed E-state index contributed by atoms with van der Waals surface area (Å²) in [6.45, 7) is 8.31. The van der Waals surface area contributed by atoms with Crippen LogP contribution in [0.2, 0.25) is 0 Å². The molecule has 3 aromatic rings. The van der Waals surface area contributed by atoms with Crippen LogP contribution in [0.3, 0.4) is 0 Å². The van der Waals surface area contributed by atoms with Gasteiger partial charge in [0.2, 0.25) is 0 Å². The molecule has 0 bridgehead atoms. The van der Waals surface area contributed by atoms with Crippen molar-refractivity contribution < 1.29 is 9.90 Å². The van der Waals surface area contributed by atoms with Crippen molar-refractivity contribution in [1.29, 1.82) is 0 Å². The maximum atomic E-state index is 12.1. The number of phenols is 1. The van der Waals surface area contributed by atoms with Crippen LogP contribution in [0.15, 0.2) is 72.8 Å². The van der Waals surface area contributed by atoms with E-state index in [2.05, 4.69) is 26.0 Å². The molecule has 0 saturated carbocycles. The summed E-state index contributed by atoms with van der Waals surface area (Å²) in [6.07, 6.45) is 0. The molecule has 0 atom stereocenters. The fraction of sp³-hybridized carbons (Fsp3) is 0.240. The highest BCUT2D eigenvalue weighted by atomic mass is 16.3. The summed E-state index contributed by atoms with van der Waals surface area (Å²) in [6, 6.07) is 23.8. The van der Waals surface area contributed by atoms with Gasteiger partial charge in [-0.15, -0.1) is 0 Å². The highest BCUT2D eigenvalue weighted by Gasteiger charge is 2.32. The van der Waals surface area contributed by atoms with Gasteiger partial charge >= 0.3 is 0 Å². The number of benzene rings is 3. The minimum Gasteiger partial charge on any atom is -0.507 e. The number of rotatable bonds is 5. The highest BCUT2D eigenvalue weighted by Crippen LogP contribution is 2.42. The van der Waals surface area contributed by atoms with Crippen molar-refractivity contribution in [2.24, 2.45) is 5.73 Å². The number of amides is 1. The molecule has 3 N–H and O–H groups in total. The Hall–Kier alpha value is -3.07. The van der Waals surface area contributed by atoms with Crippen LogP contribution >= 0.6 is 0 Å². The van der Waals surface area contributed by atoms with Crippen LogP contribution in [-0.2, 0) is 10.8 Å². The normalized spacial score (nSPS) is 12.0. The summed E-state index contributed by atoms with van der Waals surface area (Å²) in [4.78, 5) is 12.1. The summed E-state index contributed by atoms with van der Waals surface area (Å²) >= 11 is 0. The molecule has 0 radical (unpaired) electrons. The molecule has 3 heteroatoms. The quantitative estimate of drug-likeness (QED) is 0.650. The van der Waals surface area contributed by atoms with Gasteiger partial charge < -0.3 is 10.8 Å². The van der Waals surface area contributed by atoms with Gasteiger partial charge in [-0.2, -0.15) is 0 Å². The molecule has 0 heterocycles. The molecule has 1 amide bonds. The number of nitrogens with two attached hydrogens (primary N) is 1. The van der Waals surface area contributed by atoms with Gasteiger partial charge in [0, 0.05) is 16.4 Å². The standard InChI is InChI=1S/C25H27NO2/c1-24(2,17-11-7-5-8-12-17)19-15-20(23(26)28)22(27)21(16-19)25(3,4)18-13-9-6-10-14-18/h5-16,27H,1-4H3,(H2,26,28). The first-order valence-corrected chi connectivity index (χ1v) is 9.44. The molecule has 0 spiro atoms. The number of hydrogen-bond donors (Lipinski definition) is 2. The SMILES string of the molecule is CC(C)(c1ccccc1)c1cc(C(N)=O)c(O)c(C(C)(C)c2ccccc2)c1. The second-order valence-corrected chi connectivity index (χ2v) is 8.27. The Labute approximate surface area is 166 Å². The van der Waals surface area contributed by atoms with Crippen LogP contribution in [0.4, 0.5) is 0 Å². The van der Waals surface area contributed by atoms with Crippen molar-refractivity contribution in [3.05, 3.63) is 101 Å². The molecule has 0 aliphatic rings. The lowest BCUT2D eigenvalue weighted by molar-refractivity contribution is 0.0997. The Kier molecular flexibility index (Phi) is 5.03. The van der Waals surface area contributed by atoms with Gasteiger partial charge in [0.1, 0.15) is 5.75 Å². The predicted octanol–water partition coefficient (Wildman–Crippen LogP) is 5.14. The van der Waals surface area contributed by atoms with E-state index < -0.39 is 11.3 Å². The molecule has 0 aliphatic heterocycles. The van der Waals surface area contributed by atoms with E-state index in [1.54, 1.807) is 6.07 Å². The van der Waals surface area contributed by atoms with Crippen molar-refractivity contribution >= 4 is 5.91 Å². The van der Waals surface area contributed by atoms with Gasteiger partial charge in [0.05, 0.1) is 5.56 Å². The summed E-state index contributed by atoms with van der Waals surface area (Å²) in [5.41, 5.74) is 8.71. The topological polar surface area (TPSA) is 63.3 Å². The van der Waals surface area contributed by atoms with Gasteiger partial charge in [-0.3, -0.25) is 4.79 Å². The van der Waals surface area contributed by atoms with E-state index in [1.165, 1.54) is 0 Å². The third-order valence-electron chi connectivity index (χ3n) is 5.76. The smallest absolute Gasteiger partial charge is 0.252 e. The molecule has 3 aromatic carbocycles. The zero-order valence-electron chi connectivity index (χ0n) is 16.9. The molecule has 144 valence electrons. The van der Waals surface area contributed by atoms with Crippen molar-refractivity contribution in [1.82, 2.24) is 0 Å². The van der Waals surface area contributed by atoms with Gasteiger partial charge in [-0.05, 0) is 22.8 Å². The number of primary amides is 1. The van der Waals surface area contributed by atoms with Crippen molar-refractivity contribution in [2.75, 3.05) is 0 Å². The van der Waals surface area contributed by atoms with E-state index in [-0.39, 0.29) is 16.7 Å². The molecule has 0 aromatic heterocycles. The van der Waals surface area contributed by atoms with Gasteiger partial charge in [0.25, 0.3) is 5.91 Å². The van der Waals surface area contributed by atoms with Crippen LogP contribution in [0, 0.1) is 0 Å².